The van der Waals surface area contributed by atoms with Gasteiger partial charge in [0, 0.05) is 30.5 Å². The highest BCUT2D eigenvalue weighted by Gasteiger charge is 2.18. The zero-order chi connectivity index (χ0) is 18.8. The van der Waals surface area contributed by atoms with Crippen LogP contribution in [-0.4, -0.2) is 17.7 Å². The monoisotopic (exact) mass is 344 g/mol. The number of non-ortho nitro benzene ring substituents is 1. The van der Waals surface area contributed by atoms with Crippen LogP contribution >= 0.6 is 0 Å². The molecule has 0 radical (unpaired) electrons. The van der Waals surface area contributed by atoms with E-state index in [-0.39, 0.29) is 10.6 Å². The first-order chi connectivity index (χ1) is 12.4. The van der Waals surface area contributed by atoms with Crippen molar-refractivity contribution < 1.29 is 4.92 Å². The summed E-state index contributed by atoms with van der Waals surface area (Å²) >= 11 is 0. The first kappa shape index (κ1) is 17.5. The molecule has 0 atom stereocenters. The predicted molar refractivity (Wildman–Crippen MR) is 109 cm³/mol. The van der Waals surface area contributed by atoms with E-state index >= 15 is 0 Å². The zero-order valence-corrected chi connectivity index (χ0v) is 15.1. The van der Waals surface area contributed by atoms with Gasteiger partial charge >= 0.3 is 0 Å². The number of allylic oxidation sites excluding steroid dienone is 1. The van der Waals surface area contributed by atoms with Gasteiger partial charge in [-0.05, 0) is 59.5 Å². The Bertz CT molecular complexity index is 1050. The van der Waals surface area contributed by atoms with Crippen LogP contribution in [0.15, 0.2) is 66.2 Å². The zero-order valence-electron chi connectivity index (χ0n) is 15.1. The maximum Gasteiger partial charge on any atom is 0.269 e. The fraction of sp³-hybridized carbons (Fsp3) is 0.136. The number of fused-ring (bicyclic) bond motifs is 1. The summed E-state index contributed by atoms with van der Waals surface area (Å²) in [5.41, 5.74) is 5.95. The molecule has 0 aliphatic heterocycles. The maximum atomic E-state index is 11.0. The lowest BCUT2D eigenvalue weighted by Crippen LogP contribution is -2.04. The molecule has 0 saturated carbocycles. The van der Waals surface area contributed by atoms with E-state index < -0.39 is 0 Å². The molecule has 0 N–H and O–H groups in total. The van der Waals surface area contributed by atoms with E-state index in [1.165, 1.54) is 0 Å². The number of hydrogen-bond donors (Lipinski definition) is 0. The molecule has 0 saturated heterocycles. The van der Waals surface area contributed by atoms with Crippen molar-refractivity contribution in [2.45, 2.75) is 13.8 Å². The summed E-state index contributed by atoms with van der Waals surface area (Å²) in [7, 11) is 1.77. The van der Waals surface area contributed by atoms with E-state index in [4.69, 9.17) is 0 Å². The van der Waals surface area contributed by atoms with Crippen molar-refractivity contribution in [2.75, 3.05) is 7.05 Å². The van der Waals surface area contributed by atoms with Crippen LogP contribution in [0.3, 0.4) is 0 Å². The molecule has 4 nitrogen and oxygen atoms in total. The van der Waals surface area contributed by atoms with Crippen molar-refractivity contribution in [1.82, 2.24) is 0 Å². The van der Waals surface area contributed by atoms with Gasteiger partial charge in [-0.2, -0.15) is 0 Å². The van der Waals surface area contributed by atoms with Gasteiger partial charge in [0.05, 0.1) is 4.92 Å². The quantitative estimate of drug-likeness (QED) is 0.337. The molecular formula is C22H20N2O2. The molecule has 0 heterocycles. The Morgan fingerprint density at radius 1 is 1.08 bits per heavy atom. The van der Waals surface area contributed by atoms with Crippen molar-refractivity contribution in [3.8, 4) is 11.1 Å². The van der Waals surface area contributed by atoms with Gasteiger partial charge in [0.2, 0.25) is 0 Å². The third kappa shape index (κ3) is 3.02. The van der Waals surface area contributed by atoms with Gasteiger partial charge in [0.1, 0.15) is 0 Å². The maximum absolute atomic E-state index is 11.0. The Balaban J connectivity index is 2.44. The molecular weight excluding hydrogens is 324 g/mol. The summed E-state index contributed by atoms with van der Waals surface area (Å²) in [6.07, 6.45) is 0. The molecule has 26 heavy (non-hydrogen) atoms. The molecule has 3 rings (SSSR count). The Kier molecular flexibility index (Phi) is 4.67. The smallest absolute Gasteiger partial charge is 0.269 e. The Morgan fingerprint density at radius 3 is 2.31 bits per heavy atom. The largest absolute Gasteiger partial charge is 0.293 e. The summed E-state index contributed by atoms with van der Waals surface area (Å²) < 4.78 is 0. The van der Waals surface area contributed by atoms with Crippen molar-refractivity contribution in [1.29, 1.82) is 0 Å². The minimum Gasteiger partial charge on any atom is -0.293 e. The molecule has 0 amide bonds. The molecule has 0 aliphatic rings. The average Bonchev–Trinajstić information content (AvgIpc) is 2.65. The topological polar surface area (TPSA) is 55.5 Å². The lowest BCUT2D eigenvalue weighted by molar-refractivity contribution is -0.384. The first-order valence-corrected chi connectivity index (χ1v) is 8.34. The molecule has 130 valence electrons. The number of rotatable bonds is 4. The normalized spacial score (nSPS) is 11.6. The molecule has 0 bridgehead atoms. The van der Waals surface area contributed by atoms with Gasteiger partial charge in [-0.1, -0.05) is 36.4 Å². The number of nitrogens with zero attached hydrogens (tertiary/aromatic N) is 2. The van der Waals surface area contributed by atoms with E-state index in [9.17, 15) is 10.1 Å². The van der Waals surface area contributed by atoms with Gasteiger partial charge in [-0.15, -0.1) is 0 Å². The van der Waals surface area contributed by atoms with E-state index in [0.29, 0.717) is 0 Å². The Morgan fingerprint density at radius 2 is 1.73 bits per heavy atom. The molecule has 4 heteroatoms. The number of nitro benzene ring substituents is 1. The minimum atomic E-state index is -0.383. The van der Waals surface area contributed by atoms with Crippen LogP contribution in [0.4, 0.5) is 5.69 Å². The van der Waals surface area contributed by atoms with Crippen LogP contribution in [0.2, 0.25) is 0 Å². The van der Waals surface area contributed by atoms with Crippen LogP contribution in [0.5, 0.6) is 0 Å². The highest BCUT2D eigenvalue weighted by molar-refractivity contribution is 6.15. The summed E-state index contributed by atoms with van der Waals surface area (Å²) in [4.78, 5) is 15.0. The highest BCUT2D eigenvalue weighted by atomic mass is 16.6. The van der Waals surface area contributed by atoms with Crippen LogP contribution in [0.1, 0.15) is 25.0 Å². The third-order valence-corrected chi connectivity index (χ3v) is 4.57. The van der Waals surface area contributed by atoms with Gasteiger partial charge in [0.25, 0.3) is 5.69 Å². The molecule has 0 aliphatic carbocycles. The van der Waals surface area contributed by atoms with Gasteiger partial charge in [-0.3, -0.25) is 15.1 Å². The molecule has 3 aromatic rings. The molecule has 3 aromatic carbocycles. The fourth-order valence-corrected chi connectivity index (χ4v) is 3.22. The third-order valence-electron chi connectivity index (χ3n) is 4.57. The summed E-state index contributed by atoms with van der Waals surface area (Å²) in [6.45, 7) is 8.10. The van der Waals surface area contributed by atoms with Crippen LogP contribution in [-0.2, 0) is 0 Å². The van der Waals surface area contributed by atoms with E-state index in [1.54, 1.807) is 31.3 Å². The van der Waals surface area contributed by atoms with E-state index in [2.05, 4.69) is 29.8 Å². The number of hydrogen-bond acceptors (Lipinski definition) is 3. The van der Waals surface area contributed by atoms with Crippen molar-refractivity contribution in [3.05, 3.63) is 82.4 Å². The molecule has 0 spiro atoms. The summed E-state index contributed by atoms with van der Waals surface area (Å²) in [5, 5.41) is 13.2. The fourth-order valence-electron chi connectivity index (χ4n) is 3.22. The minimum absolute atomic E-state index is 0.0801. The highest BCUT2D eigenvalue weighted by Crippen LogP contribution is 2.37. The van der Waals surface area contributed by atoms with Gasteiger partial charge in [0.15, 0.2) is 0 Å². The summed E-state index contributed by atoms with van der Waals surface area (Å²) in [5.74, 6) is 0. The van der Waals surface area contributed by atoms with Gasteiger partial charge in [-0.25, -0.2) is 0 Å². The summed E-state index contributed by atoms with van der Waals surface area (Å²) in [6, 6.07) is 17.0. The van der Waals surface area contributed by atoms with Crippen LogP contribution in [0.25, 0.3) is 27.5 Å². The predicted octanol–water partition coefficient (Wildman–Crippen LogP) is 5.89. The number of benzene rings is 3. The number of nitro groups is 1. The van der Waals surface area contributed by atoms with Crippen molar-refractivity contribution in [3.63, 3.8) is 0 Å². The lowest BCUT2D eigenvalue weighted by Gasteiger charge is -2.18. The van der Waals surface area contributed by atoms with Gasteiger partial charge < -0.3 is 0 Å². The second-order valence-electron chi connectivity index (χ2n) is 6.29. The lowest BCUT2D eigenvalue weighted by atomic mass is 9.85. The van der Waals surface area contributed by atoms with E-state index in [1.807, 2.05) is 26.0 Å². The first-order valence-electron chi connectivity index (χ1n) is 8.34. The van der Waals surface area contributed by atoms with E-state index in [0.717, 1.165) is 44.3 Å². The SMILES string of the molecule is C=C(C)c1cc2ccccc2c(-c2ccc([N+](=O)[O-])cc2)c1/C(C)=N/C. The second kappa shape index (κ2) is 6.92. The average molecular weight is 344 g/mol. The standard InChI is InChI=1S/C22H20N2O2/c1-14(2)20-13-17-7-5-6-8-19(17)22(21(20)15(3)23-4)16-9-11-18(12-10-16)24(25)26/h5-13H,1H2,2-4H3/b23-15+. The van der Waals surface area contributed by atoms with Crippen LogP contribution in [0, 0.1) is 10.1 Å². The van der Waals surface area contributed by atoms with Crippen molar-refractivity contribution in [2.24, 2.45) is 4.99 Å². The molecule has 0 fully saturated rings. The number of aliphatic imine (C=N–C) groups is 1. The Hall–Kier alpha value is -3.27. The molecule has 0 aromatic heterocycles. The molecule has 0 unspecified atom stereocenters. The second-order valence-corrected chi connectivity index (χ2v) is 6.29. The van der Waals surface area contributed by atoms with Crippen LogP contribution < -0.4 is 0 Å². The Labute approximate surface area is 152 Å². The van der Waals surface area contributed by atoms with Crippen molar-refractivity contribution >= 4 is 27.7 Å².